The summed E-state index contributed by atoms with van der Waals surface area (Å²) in [6, 6.07) is 18.5. The van der Waals surface area contributed by atoms with Crippen molar-refractivity contribution >= 4 is 12.2 Å². The Hall–Kier alpha value is -2.08. The van der Waals surface area contributed by atoms with Gasteiger partial charge in [0.1, 0.15) is 0 Å². The molecule has 0 aromatic heterocycles. The van der Waals surface area contributed by atoms with E-state index in [1.54, 1.807) is 0 Å². The van der Waals surface area contributed by atoms with E-state index in [0.29, 0.717) is 0 Å². The standard InChI is InChI=1S/C9H8.C8H8.CH4/c1-2-5-9-7-3-6-8(9)4-1;1-2-8-6-4-3-5-7-8;/h1-6H,7H2;2-7H,1H2;1H4. The molecule has 0 saturated heterocycles. The highest BCUT2D eigenvalue weighted by Crippen LogP contribution is 2.17. The average Bonchev–Trinajstić information content (AvgIpc) is 2.89. The minimum Gasteiger partial charge on any atom is -0.0985 e. The summed E-state index contributed by atoms with van der Waals surface area (Å²) >= 11 is 0. The van der Waals surface area contributed by atoms with E-state index in [4.69, 9.17) is 0 Å². The minimum absolute atomic E-state index is 0. The van der Waals surface area contributed by atoms with Gasteiger partial charge < -0.3 is 0 Å². The molecule has 0 fully saturated rings. The second-order valence-electron chi connectivity index (χ2n) is 3.92. The van der Waals surface area contributed by atoms with Gasteiger partial charge in [0.15, 0.2) is 0 Å². The monoisotopic (exact) mass is 236 g/mol. The first-order valence-electron chi connectivity index (χ1n) is 5.82. The molecule has 0 bridgehead atoms. The Morgan fingerprint density at radius 3 is 2.17 bits per heavy atom. The third-order valence-electron chi connectivity index (χ3n) is 2.73. The van der Waals surface area contributed by atoms with Crippen LogP contribution in [0, 0.1) is 0 Å². The third-order valence-corrected chi connectivity index (χ3v) is 2.73. The normalized spacial score (nSPS) is 10.7. The highest BCUT2D eigenvalue weighted by atomic mass is 14.0. The molecule has 0 atom stereocenters. The number of benzene rings is 2. The lowest BCUT2D eigenvalue weighted by molar-refractivity contribution is 1.31. The zero-order valence-electron chi connectivity index (χ0n) is 9.84. The molecule has 0 N–H and O–H groups in total. The van der Waals surface area contributed by atoms with Crippen molar-refractivity contribution in [3.63, 3.8) is 0 Å². The van der Waals surface area contributed by atoms with Gasteiger partial charge in [-0.25, -0.2) is 0 Å². The maximum absolute atomic E-state index is 3.63. The maximum Gasteiger partial charge on any atom is -0.00882 e. The Kier molecular flexibility index (Phi) is 5.66. The largest absolute Gasteiger partial charge is 0.0985 e. The predicted molar refractivity (Wildman–Crippen MR) is 82.4 cm³/mol. The smallest absolute Gasteiger partial charge is 0.00882 e. The summed E-state index contributed by atoms with van der Waals surface area (Å²) < 4.78 is 0. The molecular weight excluding hydrogens is 216 g/mol. The molecule has 3 rings (SSSR count). The van der Waals surface area contributed by atoms with Crippen LogP contribution in [0.25, 0.3) is 12.2 Å². The molecule has 18 heavy (non-hydrogen) atoms. The molecule has 0 saturated carbocycles. The van der Waals surface area contributed by atoms with E-state index in [0.717, 1.165) is 6.42 Å². The van der Waals surface area contributed by atoms with Crippen molar-refractivity contribution in [1.29, 1.82) is 0 Å². The van der Waals surface area contributed by atoms with Crippen LogP contribution in [0.4, 0.5) is 0 Å². The van der Waals surface area contributed by atoms with Crippen LogP contribution >= 0.6 is 0 Å². The summed E-state index contributed by atoms with van der Waals surface area (Å²) in [5.74, 6) is 0. The van der Waals surface area contributed by atoms with E-state index in [1.807, 2.05) is 36.4 Å². The van der Waals surface area contributed by atoms with E-state index < -0.39 is 0 Å². The highest BCUT2D eigenvalue weighted by Gasteiger charge is 2.00. The molecule has 0 heteroatoms. The van der Waals surface area contributed by atoms with Crippen LogP contribution in [0.15, 0.2) is 67.3 Å². The van der Waals surface area contributed by atoms with E-state index in [9.17, 15) is 0 Å². The van der Waals surface area contributed by atoms with Gasteiger partial charge in [0.2, 0.25) is 0 Å². The van der Waals surface area contributed by atoms with Gasteiger partial charge in [0.25, 0.3) is 0 Å². The zero-order chi connectivity index (χ0) is 11.9. The van der Waals surface area contributed by atoms with E-state index in [1.165, 1.54) is 16.7 Å². The number of allylic oxidation sites excluding steroid dienone is 1. The molecule has 0 heterocycles. The van der Waals surface area contributed by atoms with Crippen LogP contribution in [-0.4, -0.2) is 0 Å². The first kappa shape index (κ1) is 14.0. The summed E-state index contributed by atoms with van der Waals surface area (Å²) in [6.45, 7) is 3.63. The molecular formula is C18H20. The minimum atomic E-state index is 0. The lowest BCUT2D eigenvalue weighted by Gasteiger charge is -1.93. The molecule has 2 aromatic carbocycles. The Balaban J connectivity index is 0.000000172. The summed E-state index contributed by atoms with van der Waals surface area (Å²) in [5.41, 5.74) is 4.02. The fraction of sp³-hybridized carbons (Fsp3) is 0.111. The first-order valence-corrected chi connectivity index (χ1v) is 5.82. The third kappa shape index (κ3) is 3.74. The molecule has 92 valence electrons. The van der Waals surface area contributed by atoms with Crippen molar-refractivity contribution in [2.24, 2.45) is 0 Å². The van der Waals surface area contributed by atoms with Crippen LogP contribution in [0.1, 0.15) is 24.1 Å². The summed E-state index contributed by atoms with van der Waals surface area (Å²) in [4.78, 5) is 0. The Labute approximate surface area is 110 Å². The van der Waals surface area contributed by atoms with Crippen LogP contribution in [0.3, 0.4) is 0 Å². The summed E-state index contributed by atoms with van der Waals surface area (Å²) in [5, 5.41) is 0. The van der Waals surface area contributed by atoms with E-state index >= 15 is 0 Å². The predicted octanol–water partition coefficient (Wildman–Crippen LogP) is 5.22. The number of hydrogen-bond donors (Lipinski definition) is 0. The molecule has 2 aromatic rings. The lowest BCUT2D eigenvalue weighted by atomic mass is 10.1. The second kappa shape index (κ2) is 7.29. The second-order valence-corrected chi connectivity index (χ2v) is 3.92. The maximum atomic E-state index is 3.63. The average molecular weight is 236 g/mol. The van der Waals surface area contributed by atoms with Crippen LogP contribution in [0.2, 0.25) is 0 Å². The molecule has 0 aliphatic heterocycles. The zero-order valence-corrected chi connectivity index (χ0v) is 9.84. The molecule has 0 spiro atoms. The van der Waals surface area contributed by atoms with Crippen molar-refractivity contribution in [2.75, 3.05) is 0 Å². The Morgan fingerprint density at radius 2 is 1.56 bits per heavy atom. The molecule has 0 nitrogen and oxygen atoms in total. The van der Waals surface area contributed by atoms with Crippen molar-refractivity contribution in [3.8, 4) is 0 Å². The van der Waals surface area contributed by atoms with E-state index in [2.05, 4.69) is 43.0 Å². The first-order chi connectivity index (χ1) is 8.40. The van der Waals surface area contributed by atoms with Gasteiger partial charge in [-0.15, -0.1) is 0 Å². The SMILES string of the molecule is C.C1=Cc2ccccc2C1.C=Cc1ccccc1. The van der Waals surface area contributed by atoms with Crippen LogP contribution in [0.5, 0.6) is 0 Å². The van der Waals surface area contributed by atoms with Gasteiger partial charge in [-0.3, -0.25) is 0 Å². The molecule has 1 aliphatic carbocycles. The van der Waals surface area contributed by atoms with Gasteiger partial charge >= 0.3 is 0 Å². The van der Waals surface area contributed by atoms with Gasteiger partial charge in [0, 0.05) is 0 Å². The number of hydrogen-bond acceptors (Lipinski definition) is 0. The van der Waals surface area contributed by atoms with Crippen molar-refractivity contribution in [3.05, 3.63) is 83.9 Å². The Morgan fingerprint density at radius 1 is 0.889 bits per heavy atom. The lowest BCUT2D eigenvalue weighted by Crippen LogP contribution is -1.76. The van der Waals surface area contributed by atoms with Gasteiger partial charge in [-0.2, -0.15) is 0 Å². The van der Waals surface area contributed by atoms with Gasteiger partial charge in [0.05, 0.1) is 0 Å². The fourth-order valence-electron chi connectivity index (χ4n) is 1.78. The van der Waals surface area contributed by atoms with Crippen LogP contribution < -0.4 is 0 Å². The molecule has 0 radical (unpaired) electrons. The quantitative estimate of drug-likeness (QED) is 0.636. The number of fused-ring (bicyclic) bond motifs is 1. The summed E-state index contributed by atoms with van der Waals surface area (Å²) in [7, 11) is 0. The Bertz CT molecular complexity index is 507. The highest BCUT2D eigenvalue weighted by molar-refractivity contribution is 5.59. The van der Waals surface area contributed by atoms with Crippen molar-refractivity contribution in [2.45, 2.75) is 13.8 Å². The number of rotatable bonds is 1. The van der Waals surface area contributed by atoms with Crippen molar-refractivity contribution < 1.29 is 0 Å². The summed E-state index contributed by atoms with van der Waals surface area (Å²) in [6.07, 6.45) is 7.33. The van der Waals surface area contributed by atoms with E-state index in [-0.39, 0.29) is 7.43 Å². The van der Waals surface area contributed by atoms with Crippen LogP contribution in [-0.2, 0) is 6.42 Å². The van der Waals surface area contributed by atoms with Gasteiger partial charge in [-0.1, -0.05) is 86.8 Å². The molecule has 0 amide bonds. The van der Waals surface area contributed by atoms with Gasteiger partial charge in [-0.05, 0) is 23.1 Å². The topological polar surface area (TPSA) is 0 Å². The van der Waals surface area contributed by atoms with Crippen molar-refractivity contribution in [1.82, 2.24) is 0 Å². The fourth-order valence-corrected chi connectivity index (χ4v) is 1.78. The molecule has 1 aliphatic rings. The molecule has 0 unspecified atom stereocenters.